The first kappa shape index (κ1) is 13.8. The van der Waals surface area contributed by atoms with Crippen molar-refractivity contribution in [1.29, 1.82) is 0 Å². The molecule has 104 valence electrons. The van der Waals surface area contributed by atoms with Crippen molar-refractivity contribution >= 4 is 0 Å². The lowest BCUT2D eigenvalue weighted by atomic mass is 10.1. The fourth-order valence-corrected chi connectivity index (χ4v) is 1.58. The normalized spacial score (nSPS) is 14.8. The Labute approximate surface area is 111 Å². The Hall–Kier alpha value is -1.66. The van der Waals surface area contributed by atoms with Gasteiger partial charge in [-0.15, -0.1) is 0 Å². The van der Waals surface area contributed by atoms with Gasteiger partial charge in [0, 0.05) is 0 Å². The van der Waals surface area contributed by atoms with E-state index in [9.17, 15) is 0 Å². The molecule has 1 unspecified atom stereocenters. The van der Waals surface area contributed by atoms with E-state index in [-0.39, 0.29) is 6.10 Å². The standard InChI is InChI=1S/C13H19N3O3/c1-8(2)18-7-13(4,14)12-15-11(19-16-12)10-5-6-17-9(10)3/h5-6,8H,7,14H2,1-4H3. The van der Waals surface area contributed by atoms with Gasteiger partial charge < -0.3 is 19.4 Å². The lowest BCUT2D eigenvalue weighted by molar-refractivity contribution is 0.0410. The second-order valence-corrected chi connectivity index (χ2v) is 5.09. The van der Waals surface area contributed by atoms with Gasteiger partial charge in [0.05, 0.1) is 24.5 Å². The summed E-state index contributed by atoms with van der Waals surface area (Å²) in [7, 11) is 0. The van der Waals surface area contributed by atoms with E-state index >= 15 is 0 Å². The molecule has 2 aromatic rings. The monoisotopic (exact) mass is 265 g/mol. The van der Waals surface area contributed by atoms with Gasteiger partial charge in [0.2, 0.25) is 0 Å². The van der Waals surface area contributed by atoms with Crippen LogP contribution in [0.3, 0.4) is 0 Å². The third-order valence-electron chi connectivity index (χ3n) is 2.74. The molecule has 0 saturated carbocycles. The van der Waals surface area contributed by atoms with Crippen LogP contribution in [-0.2, 0) is 10.3 Å². The first-order valence-corrected chi connectivity index (χ1v) is 6.19. The summed E-state index contributed by atoms with van der Waals surface area (Å²) < 4.78 is 16.0. The topological polar surface area (TPSA) is 87.3 Å². The molecule has 1 atom stereocenters. The van der Waals surface area contributed by atoms with Crippen LogP contribution in [0.5, 0.6) is 0 Å². The predicted molar refractivity (Wildman–Crippen MR) is 69.4 cm³/mol. The van der Waals surface area contributed by atoms with Crippen LogP contribution in [0.15, 0.2) is 21.3 Å². The van der Waals surface area contributed by atoms with E-state index in [0.29, 0.717) is 18.3 Å². The van der Waals surface area contributed by atoms with Crippen LogP contribution in [0.4, 0.5) is 0 Å². The van der Waals surface area contributed by atoms with Crippen LogP contribution in [0, 0.1) is 6.92 Å². The number of rotatable bonds is 5. The average molecular weight is 265 g/mol. The highest BCUT2D eigenvalue weighted by molar-refractivity contribution is 5.54. The molecule has 6 heteroatoms. The number of ether oxygens (including phenoxy) is 1. The molecule has 6 nitrogen and oxygen atoms in total. The summed E-state index contributed by atoms with van der Waals surface area (Å²) in [4.78, 5) is 4.32. The van der Waals surface area contributed by atoms with Crippen LogP contribution in [0.1, 0.15) is 32.4 Å². The van der Waals surface area contributed by atoms with Crippen molar-refractivity contribution in [2.45, 2.75) is 39.3 Å². The van der Waals surface area contributed by atoms with Crippen LogP contribution < -0.4 is 5.73 Å². The highest BCUT2D eigenvalue weighted by Gasteiger charge is 2.29. The Kier molecular flexibility index (Phi) is 3.73. The molecule has 2 N–H and O–H groups in total. The zero-order valence-electron chi connectivity index (χ0n) is 11.6. The molecule has 0 fully saturated rings. The van der Waals surface area contributed by atoms with Crippen LogP contribution in [0.25, 0.3) is 11.5 Å². The molecule has 0 aliphatic rings. The zero-order valence-corrected chi connectivity index (χ0v) is 11.6. The molecule has 0 saturated heterocycles. The van der Waals surface area contributed by atoms with Crippen molar-refractivity contribution < 1.29 is 13.7 Å². The van der Waals surface area contributed by atoms with Crippen molar-refractivity contribution in [3.8, 4) is 11.5 Å². The SMILES string of the molecule is Cc1occc1-c1nc(C(C)(N)COC(C)C)no1. The summed E-state index contributed by atoms with van der Waals surface area (Å²) in [5.74, 6) is 1.55. The summed E-state index contributed by atoms with van der Waals surface area (Å²) in [6.45, 7) is 7.88. The summed E-state index contributed by atoms with van der Waals surface area (Å²) in [6, 6.07) is 1.78. The van der Waals surface area contributed by atoms with E-state index < -0.39 is 5.54 Å². The van der Waals surface area contributed by atoms with Gasteiger partial charge in [0.1, 0.15) is 11.3 Å². The van der Waals surface area contributed by atoms with Crippen LogP contribution >= 0.6 is 0 Å². The number of hydrogen-bond acceptors (Lipinski definition) is 6. The molecule has 0 aliphatic carbocycles. The number of nitrogens with zero attached hydrogens (tertiary/aromatic N) is 2. The lowest BCUT2D eigenvalue weighted by Crippen LogP contribution is -2.40. The molecule has 2 heterocycles. The van der Waals surface area contributed by atoms with Gasteiger partial charge in [-0.05, 0) is 33.8 Å². The third kappa shape index (κ3) is 3.02. The van der Waals surface area contributed by atoms with Gasteiger partial charge >= 0.3 is 0 Å². The molecule has 0 amide bonds. The maximum Gasteiger partial charge on any atom is 0.261 e. The molecule has 2 rings (SSSR count). The van der Waals surface area contributed by atoms with E-state index in [1.807, 2.05) is 27.7 Å². The van der Waals surface area contributed by atoms with Gasteiger partial charge in [-0.3, -0.25) is 0 Å². The molecule has 0 aromatic carbocycles. The van der Waals surface area contributed by atoms with Crippen molar-refractivity contribution in [3.63, 3.8) is 0 Å². The van der Waals surface area contributed by atoms with Gasteiger partial charge in [-0.25, -0.2) is 0 Å². The first-order valence-electron chi connectivity index (χ1n) is 6.19. The number of furan rings is 1. The Bertz CT molecular complexity index is 543. The summed E-state index contributed by atoms with van der Waals surface area (Å²) in [5, 5.41) is 3.93. The Morgan fingerprint density at radius 2 is 2.21 bits per heavy atom. The van der Waals surface area contributed by atoms with E-state index in [2.05, 4.69) is 10.1 Å². The fourth-order valence-electron chi connectivity index (χ4n) is 1.58. The Morgan fingerprint density at radius 1 is 1.47 bits per heavy atom. The van der Waals surface area contributed by atoms with Gasteiger partial charge in [-0.2, -0.15) is 4.98 Å². The molecule has 0 bridgehead atoms. The third-order valence-corrected chi connectivity index (χ3v) is 2.74. The molecule has 2 aromatic heterocycles. The summed E-state index contributed by atoms with van der Waals surface area (Å²) in [6.07, 6.45) is 1.68. The number of aryl methyl sites for hydroxylation is 1. The first-order chi connectivity index (χ1) is 8.90. The van der Waals surface area contributed by atoms with Gasteiger partial charge in [0.25, 0.3) is 5.89 Å². The second-order valence-electron chi connectivity index (χ2n) is 5.09. The highest BCUT2D eigenvalue weighted by atomic mass is 16.5. The van der Waals surface area contributed by atoms with E-state index in [1.165, 1.54) is 0 Å². The molecule has 19 heavy (non-hydrogen) atoms. The lowest BCUT2D eigenvalue weighted by Gasteiger charge is -2.21. The number of nitrogens with two attached hydrogens (primary N) is 1. The zero-order chi connectivity index (χ0) is 14.0. The average Bonchev–Trinajstić information content (AvgIpc) is 2.94. The minimum Gasteiger partial charge on any atom is -0.469 e. The van der Waals surface area contributed by atoms with E-state index in [4.69, 9.17) is 19.4 Å². The molecular weight excluding hydrogens is 246 g/mol. The largest absolute Gasteiger partial charge is 0.469 e. The Morgan fingerprint density at radius 3 is 2.79 bits per heavy atom. The summed E-state index contributed by atoms with van der Waals surface area (Å²) >= 11 is 0. The Balaban J connectivity index is 2.19. The molecule has 0 spiro atoms. The molecular formula is C13H19N3O3. The van der Waals surface area contributed by atoms with Crippen molar-refractivity contribution in [3.05, 3.63) is 23.9 Å². The molecule has 0 radical (unpaired) electrons. The quantitative estimate of drug-likeness (QED) is 0.892. The smallest absolute Gasteiger partial charge is 0.261 e. The van der Waals surface area contributed by atoms with Gasteiger partial charge in [-0.1, -0.05) is 5.16 Å². The highest BCUT2D eigenvalue weighted by Crippen LogP contribution is 2.25. The minimum absolute atomic E-state index is 0.102. The van der Waals surface area contributed by atoms with Crippen molar-refractivity contribution in [2.75, 3.05) is 6.61 Å². The number of hydrogen-bond donors (Lipinski definition) is 1. The minimum atomic E-state index is -0.788. The van der Waals surface area contributed by atoms with Crippen LogP contribution in [-0.4, -0.2) is 22.9 Å². The maximum absolute atomic E-state index is 6.16. The van der Waals surface area contributed by atoms with E-state index in [1.54, 1.807) is 12.3 Å². The maximum atomic E-state index is 6.16. The van der Waals surface area contributed by atoms with Crippen molar-refractivity contribution in [2.24, 2.45) is 5.73 Å². The fraction of sp³-hybridized carbons (Fsp3) is 0.538. The van der Waals surface area contributed by atoms with Crippen molar-refractivity contribution in [1.82, 2.24) is 10.1 Å². The van der Waals surface area contributed by atoms with Gasteiger partial charge in [0.15, 0.2) is 5.82 Å². The number of aromatic nitrogens is 2. The van der Waals surface area contributed by atoms with E-state index in [0.717, 1.165) is 11.3 Å². The summed E-state index contributed by atoms with van der Waals surface area (Å²) in [5.41, 5.74) is 6.15. The molecule has 0 aliphatic heterocycles. The van der Waals surface area contributed by atoms with Crippen LogP contribution in [0.2, 0.25) is 0 Å². The predicted octanol–water partition coefficient (Wildman–Crippen LogP) is 2.24. The second kappa shape index (κ2) is 5.14.